The Hall–Kier alpha value is -1.55. The molecule has 1 heterocycles. The summed E-state index contributed by atoms with van der Waals surface area (Å²) in [6, 6.07) is 6.39. The molecule has 0 aromatic heterocycles. The highest BCUT2D eigenvalue weighted by molar-refractivity contribution is 5.95. The monoisotopic (exact) mass is 262 g/mol. The molecule has 0 aliphatic carbocycles. The summed E-state index contributed by atoms with van der Waals surface area (Å²) < 4.78 is 5.38. The van der Waals surface area contributed by atoms with Gasteiger partial charge in [-0.3, -0.25) is 4.79 Å². The summed E-state index contributed by atoms with van der Waals surface area (Å²) in [4.78, 5) is 11.4. The maximum atomic E-state index is 11.4. The number of hydrogen-bond acceptors (Lipinski definition) is 3. The van der Waals surface area contributed by atoms with Crippen LogP contribution < -0.4 is 15.4 Å². The zero-order chi connectivity index (χ0) is 13.7. The first-order valence-corrected chi connectivity index (χ1v) is 7.04. The van der Waals surface area contributed by atoms with E-state index < -0.39 is 0 Å². The number of unbranched alkanes of at least 4 members (excludes halogenated alkanes) is 1. The van der Waals surface area contributed by atoms with Crippen LogP contribution in [0.4, 0.5) is 5.69 Å². The smallest absolute Gasteiger partial charge is 0.262 e. The molecule has 0 bridgehead atoms. The van der Waals surface area contributed by atoms with Gasteiger partial charge in [-0.1, -0.05) is 32.8 Å². The minimum Gasteiger partial charge on any atom is -0.482 e. The second kappa shape index (κ2) is 6.57. The Morgan fingerprint density at radius 2 is 2.26 bits per heavy atom. The average molecular weight is 262 g/mol. The van der Waals surface area contributed by atoms with Gasteiger partial charge in [-0.25, -0.2) is 0 Å². The second-order valence-electron chi connectivity index (χ2n) is 4.84. The zero-order valence-corrected chi connectivity index (χ0v) is 11.7. The van der Waals surface area contributed by atoms with Gasteiger partial charge >= 0.3 is 0 Å². The van der Waals surface area contributed by atoms with Gasteiger partial charge in [0.05, 0.1) is 5.69 Å². The Morgan fingerprint density at radius 3 is 3.00 bits per heavy atom. The third-order valence-corrected chi connectivity index (χ3v) is 3.34. The third-order valence-electron chi connectivity index (χ3n) is 3.34. The lowest BCUT2D eigenvalue weighted by Crippen LogP contribution is -2.26. The topological polar surface area (TPSA) is 50.4 Å². The van der Waals surface area contributed by atoms with Gasteiger partial charge in [-0.05, 0) is 30.7 Å². The van der Waals surface area contributed by atoms with Crippen LogP contribution in [0.1, 0.15) is 44.7 Å². The van der Waals surface area contributed by atoms with E-state index in [1.165, 1.54) is 18.4 Å². The average Bonchev–Trinajstić information content (AvgIpc) is 2.42. The number of amides is 1. The number of carbonyl (C=O) groups excluding carboxylic acids is 1. The van der Waals surface area contributed by atoms with Gasteiger partial charge in [0.1, 0.15) is 5.75 Å². The van der Waals surface area contributed by atoms with Crippen molar-refractivity contribution in [2.75, 3.05) is 18.5 Å². The molecule has 1 aromatic carbocycles. The molecule has 0 saturated heterocycles. The van der Waals surface area contributed by atoms with Crippen molar-refractivity contribution < 1.29 is 9.53 Å². The van der Waals surface area contributed by atoms with E-state index in [4.69, 9.17) is 4.74 Å². The fourth-order valence-corrected chi connectivity index (χ4v) is 2.36. The fourth-order valence-electron chi connectivity index (χ4n) is 2.36. The highest BCUT2D eigenvalue weighted by atomic mass is 16.5. The second-order valence-corrected chi connectivity index (χ2v) is 4.84. The molecule has 4 nitrogen and oxygen atoms in total. The van der Waals surface area contributed by atoms with Crippen LogP contribution in [0.3, 0.4) is 0 Å². The molecule has 0 radical (unpaired) electrons. The molecule has 4 heteroatoms. The summed E-state index contributed by atoms with van der Waals surface area (Å²) in [7, 11) is 0. The van der Waals surface area contributed by atoms with Crippen molar-refractivity contribution in [3.05, 3.63) is 23.8 Å². The Bertz CT molecular complexity index is 446. The van der Waals surface area contributed by atoms with E-state index >= 15 is 0 Å². The molecule has 0 saturated carbocycles. The number of carbonyl (C=O) groups is 1. The van der Waals surface area contributed by atoms with Gasteiger partial charge in [0.15, 0.2) is 6.61 Å². The van der Waals surface area contributed by atoms with Crippen LogP contribution in [0, 0.1) is 0 Å². The van der Waals surface area contributed by atoms with Gasteiger partial charge in [-0.2, -0.15) is 0 Å². The molecule has 1 unspecified atom stereocenters. The Balaban J connectivity index is 2.18. The van der Waals surface area contributed by atoms with Gasteiger partial charge in [0.2, 0.25) is 0 Å². The molecule has 1 aromatic rings. The predicted octanol–water partition coefficient (Wildman–Crippen LogP) is 2.86. The van der Waals surface area contributed by atoms with E-state index in [1.807, 2.05) is 12.1 Å². The first kappa shape index (κ1) is 13.9. The number of fused-ring (bicyclic) bond motifs is 1. The summed E-state index contributed by atoms with van der Waals surface area (Å²) in [5, 5.41) is 6.36. The van der Waals surface area contributed by atoms with Crippen LogP contribution in [-0.4, -0.2) is 19.1 Å². The molecule has 2 rings (SSSR count). The molecule has 104 valence electrons. The lowest BCUT2D eigenvalue weighted by Gasteiger charge is -2.22. The highest BCUT2D eigenvalue weighted by Gasteiger charge is 2.18. The number of nitrogens with one attached hydrogen (secondary N) is 2. The van der Waals surface area contributed by atoms with E-state index in [9.17, 15) is 4.79 Å². The minimum absolute atomic E-state index is 0.0850. The van der Waals surface area contributed by atoms with Gasteiger partial charge < -0.3 is 15.4 Å². The van der Waals surface area contributed by atoms with Crippen molar-refractivity contribution in [1.82, 2.24) is 5.32 Å². The quantitative estimate of drug-likeness (QED) is 0.829. The lowest BCUT2D eigenvalue weighted by atomic mass is 10.00. The normalized spacial score (nSPS) is 15.4. The highest BCUT2D eigenvalue weighted by Crippen LogP contribution is 2.31. The number of ether oxygens (including phenoxy) is 1. The van der Waals surface area contributed by atoms with E-state index in [-0.39, 0.29) is 12.5 Å². The van der Waals surface area contributed by atoms with Gasteiger partial charge in [0.25, 0.3) is 5.91 Å². The summed E-state index contributed by atoms with van der Waals surface area (Å²) >= 11 is 0. The largest absolute Gasteiger partial charge is 0.482 e. The Kier molecular flexibility index (Phi) is 4.80. The summed E-state index contributed by atoms with van der Waals surface area (Å²) in [5.41, 5.74) is 1.99. The molecule has 1 amide bonds. The first-order chi connectivity index (χ1) is 9.24. The molecular weight excluding hydrogens is 240 g/mol. The van der Waals surface area contributed by atoms with Crippen LogP contribution >= 0.6 is 0 Å². The Labute approximate surface area is 114 Å². The maximum absolute atomic E-state index is 11.4. The number of benzene rings is 1. The minimum atomic E-state index is -0.0850. The lowest BCUT2D eigenvalue weighted by molar-refractivity contribution is -0.118. The van der Waals surface area contributed by atoms with Crippen LogP contribution in [-0.2, 0) is 4.79 Å². The van der Waals surface area contributed by atoms with Crippen molar-refractivity contribution in [1.29, 1.82) is 0 Å². The molecule has 0 fully saturated rings. The molecule has 19 heavy (non-hydrogen) atoms. The Morgan fingerprint density at radius 1 is 1.42 bits per heavy atom. The van der Waals surface area contributed by atoms with Gasteiger partial charge in [-0.15, -0.1) is 0 Å². The molecule has 0 spiro atoms. The van der Waals surface area contributed by atoms with Crippen molar-refractivity contribution in [3.8, 4) is 5.75 Å². The SMILES string of the molecule is CCCCC(NCC)c1ccc2c(c1)NC(=O)CO2. The van der Waals surface area contributed by atoms with E-state index in [0.717, 1.165) is 24.4 Å². The number of rotatable bonds is 6. The molecular formula is C15H22N2O2. The van der Waals surface area contributed by atoms with E-state index in [0.29, 0.717) is 6.04 Å². The molecule has 1 aliphatic rings. The van der Waals surface area contributed by atoms with Crippen LogP contribution in [0.15, 0.2) is 18.2 Å². The molecule has 2 N–H and O–H groups in total. The number of hydrogen-bond donors (Lipinski definition) is 2. The van der Waals surface area contributed by atoms with Crippen molar-refractivity contribution in [3.63, 3.8) is 0 Å². The zero-order valence-electron chi connectivity index (χ0n) is 11.7. The van der Waals surface area contributed by atoms with E-state index in [2.05, 4.69) is 30.5 Å². The third kappa shape index (κ3) is 3.47. The van der Waals surface area contributed by atoms with Crippen molar-refractivity contribution in [2.24, 2.45) is 0 Å². The summed E-state index contributed by atoms with van der Waals surface area (Å²) in [5.74, 6) is 0.673. The summed E-state index contributed by atoms with van der Waals surface area (Å²) in [6.45, 7) is 5.36. The van der Waals surface area contributed by atoms with Gasteiger partial charge in [0, 0.05) is 6.04 Å². The molecule has 1 aliphatic heterocycles. The molecule has 1 atom stereocenters. The van der Waals surface area contributed by atoms with E-state index in [1.54, 1.807) is 0 Å². The standard InChI is InChI=1S/C15H22N2O2/c1-3-5-6-12(16-4-2)11-7-8-14-13(9-11)17-15(18)10-19-14/h7-9,12,16H,3-6,10H2,1-2H3,(H,17,18). The van der Waals surface area contributed by atoms with Crippen molar-refractivity contribution >= 4 is 11.6 Å². The van der Waals surface area contributed by atoms with Crippen LogP contribution in [0.25, 0.3) is 0 Å². The predicted molar refractivity (Wildman–Crippen MR) is 76.5 cm³/mol. The summed E-state index contributed by atoms with van der Waals surface area (Å²) in [6.07, 6.45) is 3.49. The fraction of sp³-hybridized carbons (Fsp3) is 0.533. The number of anilines is 1. The van der Waals surface area contributed by atoms with Crippen LogP contribution in [0.5, 0.6) is 5.75 Å². The first-order valence-electron chi connectivity index (χ1n) is 7.04. The maximum Gasteiger partial charge on any atom is 0.262 e. The van der Waals surface area contributed by atoms with Crippen molar-refractivity contribution in [2.45, 2.75) is 39.2 Å². The van der Waals surface area contributed by atoms with Crippen LogP contribution in [0.2, 0.25) is 0 Å².